The Bertz CT molecular complexity index is 1550. The van der Waals surface area contributed by atoms with Gasteiger partial charge in [-0.1, -0.05) is 6.07 Å². The topological polar surface area (TPSA) is 101 Å². The van der Waals surface area contributed by atoms with Crippen LogP contribution in [-0.4, -0.2) is 54.4 Å². The second kappa shape index (κ2) is 10.6. The lowest BCUT2D eigenvalue weighted by Gasteiger charge is -2.28. The molecule has 0 saturated carbocycles. The first-order valence-electron chi connectivity index (χ1n) is 13.1. The number of aromatic nitrogens is 5. The van der Waals surface area contributed by atoms with E-state index in [9.17, 15) is 13.6 Å². The van der Waals surface area contributed by atoms with Crippen molar-refractivity contribution in [2.45, 2.75) is 59.7 Å². The molecule has 0 aliphatic carbocycles. The van der Waals surface area contributed by atoms with Crippen molar-refractivity contribution in [3.8, 4) is 11.3 Å². The van der Waals surface area contributed by atoms with E-state index in [4.69, 9.17) is 4.98 Å². The molecule has 0 atom stereocenters. The fourth-order valence-corrected chi connectivity index (χ4v) is 5.05. The van der Waals surface area contributed by atoms with Gasteiger partial charge in [-0.05, 0) is 58.4 Å². The van der Waals surface area contributed by atoms with E-state index in [1.165, 1.54) is 6.07 Å². The molecule has 0 spiro atoms. The van der Waals surface area contributed by atoms with E-state index in [-0.39, 0.29) is 35.1 Å². The van der Waals surface area contributed by atoms with Crippen LogP contribution >= 0.6 is 0 Å². The minimum absolute atomic E-state index is 0.00628. The summed E-state index contributed by atoms with van der Waals surface area (Å²) < 4.78 is 31.8. The van der Waals surface area contributed by atoms with E-state index in [1.807, 2.05) is 45.3 Å². The molecule has 0 fully saturated rings. The van der Waals surface area contributed by atoms with Crippen LogP contribution in [0.2, 0.25) is 0 Å². The van der Waals surface area contributed by atoms with Gasteiger partial charge in [0, 0.05) is 42.9 Å². The zero-order valence-electron chi connectivity index (χ0n) is 22.7. The van der Waals surface area contributed by atoms with Crippen molar-refractivity contribution >= 4 is 28.7 Å². The molecular weight excluding hydrogens is 502 g/mol. The highest BCUT2D eigenvalue weighted by Crippen LogP contribution is 2.30. The number of amides is 1. The van der Waals surface area contributed by atoms with Crippen LogP contribution in [0.4, 0.5) is 20.5 Å². The Morgan fingerprint density at radius 1 is 1.08 bits per heavy atom. The molecule has 1 aliphatic rings. The van der Waals surface area contributed by atoms with Crippen molar-refractivity contribution in [1.29, 1.82) is 0 Å². The summed E-state index contributed by atoms with van der Waals surface area (Å²) in [7, 11) is 0. The van der Waals surface area contributed by atoms with Gasteiger partial charge in [-0.25, -0.2) is 28.7 Å². The third-order valence-electron chi connectivity index (χ3n) is 6.64. The molecular formula is C28H32F2N8O. The molecule has 5 rings (SSSR count). The zero-order valence-corrected chi connectivity index (χ0v) is 22.7. The van der Waals surface area contributed by atoms with E-state index < -0.39 is 11.6 Å². The fourth-order valence-electron chi connectivity index (χ4n) is 5.05. The van der Waals surface area contributed by atoms with Crippen LogP contribution in [0.3, 0.4) is 0 Å². The maximum Gasteiger partial charge on any atom is 0.234 e. The molecule has 1 aromatic carbocycles. The highest BCUT2D eigenvalue weighted by atomic mass is 19.1. The molecule has 0 bridgehead atoms. The lowest BCUT2D eigenvalue weighted by Crippen LogP contribution is -2.42. The average Bonchev–Trinajstić information content (AvgIpc) is 3.21. The summed E-state index contributed by atoms with van der Waals surface area (Å²) >= 11 is 0. The van der Waals surface area contributed by atoms with Crippen molar-refractivity contribution in [2.75, 3.05) is 18.4 Å². The lowest BCUT2D eigenvalue weighted by atomic mass is 10.1. The standard InChI is InChI=1S/C28H32F2N8O/c1-15(2)32-25(39)14-37-9-8-22-18(13-37)6-7-24(34-22)35-28-31-12-21(30)26(36-28)19-10-20(29)27-23(11-19)38(16(3)4)17(5)33-27/h6-7,10-12,15-16H,8-9,13-14H2,1-5H3,(H,32,39)(H,31,34,35,36). The Morgan fingerprint density at radius 3 is 2.62 bits per heavy atom. The van der Waals surface area contributed by atoms with Gasteiger partial charge in [-0.2, -0.15) is 0 Å². The largest absolute Gasteiger partial charge is 0.353 e. The van der Waals surface area contributed by atoms with Crippen molar-refractivity contribution in [3.63, 3.8) is 0 Å². The van der Waals surface area contributed by atoms with Crippen molar-refractivity contribution in [2.24, 2.45) is 0 Å². The minimum Gasteiger partial charge on any atom is -0.353 e. The molecule has 9 nitrogen and oxygen atoms in total. The normalized spacial score (nSPS) is 13.8. The number of nitrogens with zero attached hydrogens (tertiary/aromatic N) is 6. The third-order valence-corrected chi connectivity index (χ3v) is 6.64. The molecule has 0 saturated heterocycles. The van der Waals surface area contributed by atoms with Crippen LogP contribution < -0.4 is 10.6 Å². The number of halogens is 2. The van der Waals surface area contributed by atoms with Crippen LogP contribution in [0.15, 0.2) is 30.5 Å². The van der Waals surface area contributed by atoms with Crippen LogP contribution in [-0.2, 0) is 17.8 Å². The Morgan fingerprint density at radius 2 is 1.87 bits per heavy atom. The molecule has 204 valence electrons. The van der Waals surface area contributed by atoms with E-state index >= 15 is 0 Å². The van der Waals surface area contributed by atoms with Crippen LogP contribution in [0.5, 0.6) is 0 Å². The molecule has 1 amide bonds. The first kappa shape index (κ1) is 26.6. The number of fused-ring (bicyclic) bond motifs is 2. The first-order valence-corrected chi connectivity index (χ1v) is 13.1. The van der Waals surface area contributed by atoms with Crippen molar-refractivity contribution in [3.05, 3.63) is 59.2 Å². The number of nitrogens with one attached hydrogen (secondary N) is 2. The van der Waals surface area contributed by atoms with E-state index in [0.717, 1.165) is 17.5 Å². The monoisotopic (exact) mass is 534 g/mol. The molecule has 0 unspecified atom stereocenters. The van der Waals surface area contributed by atoms with Gasteiger partial charge < -0.3 is 15.2 Å². The number of hydrogen-bond donors (Lipinski definition) is 2. The fraction of sp³-hybridized carbons (Fsp3) is 0.393. The number of anilines is 2. The van der Waals surface area contributed by atoms with E-state index in [2.05, 4.69) is 30.5 Å². The summed E-state index contributed by atoms with van der Waals surface area (Å²) in [5, 5.41) is 5.97. The second-order valence-electron chi connectivity index (χ2n) is 10.4. The van der Waals surface area contributed by atoms with Crippen molar-refractivity contribution in [1.82, 2.24) is 34.7 Å². The predicted octanol–water partition coefficient (Wildman–Crippen LogP) is 4.68. The highest BCUT2D eigenvalue weighted by molar-refractivity contribution is 5.83. The third kappa shape index (κ3) is 5.58. The van der Waals surface area contributed by atoms with Crippen LogP contribution in [0, 0.1) is 18.6 Å². The number of imidazole rings is 1. The average molecular weight is 535 g/mol. The summed E-state index contributed by atoms with van der Waals surface area (Å²) in [5.41, 5.74) is 3.08. The molecule has 0 radical (unpaired) electrons. The predicted molar refractivity (Wildman–Crippen MR) is 146 cm³/mol. The molecule has 4 aromatic rings. The molecule has 11 heteroatoms. The maximum atomic E-state index is 15.0. The van der Waals surface area contributed by atoms with E-state index in [0.29, 0.717) is 48.8 Å². The van der Waals surface area contributed by atoms with Gasteiger partial charge in [0.1, 0.15) is 22.9 Å². The Labute approximate surface area is 225 Å². The van der Waals surface area contributed by atoms with Gasteiger partial charge >= 0.3 is 0 Å². The smallest absolute Gasteiger partial charge is 0.234 e. The number of pyridine rings is 1. The molecule has 3 aromatic heterocycles. The van der Waals surface area contributed by atoms with Gasteiger partial charge in [0.15, 0.2) is 11.6 Å². The van der Waals surface area contributed by atoms with Crippen LogP contribution in [0.1, 0.15) is 50.8 Å². The summed E-state index contributed by atoms with van der Waals surface area (Å²) in [6.45, 7) is 11.4. The van der Waals surface area contributed by atoms with Gasteiger partial charge in [-0.15, -0.1) is 0 Å². The SMILES string of the molecule is Cc1nc2c(F)cc(-c3nc(Nc4ccc5c(n4)CCN(CC(=O)NC(C)C)C5)ncc3F)cc2n1C(C)C. The number of rotatable bonds is 7. The Hall–Kier alpha value is -3.99. The zero-order chi connectivity index (χ0) is 27.8. The highest BCUT2D eigenvalue weighted by Gasteiger charge is 2.21. The van der Waals surface area contributed by atoms with Gasteiger partial charge in [0.2, 0.25) is 11.9 Å². The minimum atomic E-state index is -0.661. The maximum absolute atomic E-state index is 15.0. The summed E-state index contributed by atoms with van der Waals surface area (Å²) in [6, 6.07) is 6.88. The second-order valence-corrected chi connectivity index (χ2v) is 10.4. The molecule has 2 N–H and O–H groups in total. The first-order chi connectivity index (χ1) is 18.6. The van der Waals surface area contributed by atoms with Gasteiger partial charge in [-0.3, -0.25) is 9.69 Å². The Kier molecular flexibility index (Phi) is 7.26. The number of benzene rings is 1. The summed E-state index contributed by atoms with van der Waals surface area (Å²) in [4.78, 5) is 31.7. The molecule has 4 heterocycles. The van der Waals surface area contributed by atoms with Crippen LogP contribution in [0.25, 0.3) is 22.3 Å². The van der Waals surface area contributed by atoms with Crippen molar-refractivity contribution < 1.29 is 13.6 Å². The lowest BCUT2D eigenvalue weighted by molar-refractivity contribution is -0.122. The number of aryl methyl sites for hydroxylation is 1. The van der Waals surface area contributed by atoms with Gasteiger partial charge in [0.25, 0.3) is 0 Å². The number of carbonyl (C=O) groups is 1. The quantitative estimate of drug-likeness (QED) is 0.355. The number of carbonyl (C=O) groups excluding carboxylic acids is 1. The number of hydrogen-bond acceptors (Lipinski definition) is 7. The molecule has 1 aliphatic heterocycles. The van der Waals surface area contributed by atoms with Gasteiger partial charge in [0.05, 0.1) is 18.3 Å². The Balaban J connectivity index is 1.37. The van der Waals surface area contributed by atoms with E-state index in [1.54, 1.807) is 12.1 Å². The molecule has 39 heavy (non-hydrogen) atoms. The summed E-state index contributed by atoms with van der Waals surface area (Å²) in [6.07, 6.45) is 1.76. The summed E-state index contributed by atoms with van der Waals surface area (Å²) in [5.74, 6) is 0.160.